The van der Waals surface area contributed by atoms with Gasteiger partial charge in [0.2, 0.25) is 5.95 Å². The normalized spacial score (nSPS) is 15.8. The Bertz CT molecular complexity index is 1510. The molecule has 37 heavy (non-hydrogen) atoms. The predicted octanol–water partition coefficient (Wildman–Crippen LogP) is 4.90. The predicted molar refractivity (Wildman–Crippen MR) is 134 cm³/mol. The quantitative estimate of drug-likeness (QED) is 0.332. The first-order valence-electron chi connectivity index (χ1n) is 11.2. The summed E-state index contributed by atoms with van der Waals surface area (Å²) in [6.07, 6.45) is -4.11. The smallest absolute Gasteiger partial charge is 0.364 e. The van der Waals surface area contributed by atoms with Gasteiger partial charge in [-0.2, -0.15) is 23.3 Å². The number of benzene rings is 2. The minimum absolute atomic E-state index is 0.0479. The number of carbonyl (C=O) groups excluding carboxylic acids is 1. The Morgan fingerprint density at radius 3 is 2.43 bits per heavy atom. The summed E-state index contributed by atoms with van der Waals surface area (Å²) in [4.78, 5) is 23.0. The maximum atomic E-state index is 13.6. The summed E-state index contributed by atoms with van der Waals surface area (Å²) in [5, 5.41) is 7.89. The highest BCUT2D eigenvalue weighted by Crippen LogP contribution is 2.41. The molecule has 5 rings (SSSR count). The first kappa shape index (κ1) is 25.2. The molecule has 4 aromatic rings. The molecule has 8 nitrogen and oxygen atoms in total. The molecule has 2 aromatic heterocycles. The Morgan fingerprint density at radius 2 is 1.76 bits per heavy atom. The van der Waals surface area contributed by atoms with Crippen LogP contribution in [0.5, 0.6) is 0 Å². The second-order valence-corrected chi connectivity index (χ2v) is 9.61. The molecule has 0 saturated carbocycles. The van der Waals surface area contributed by atoms with Gasteiger partial charge in [0, 0.05) is 24.2 Å². The zero-order valence-electron chi connectivity index (χ0n) is 19.1. The van der Waals surface area contributed by atoms with Gasteiger partial charge in [-0.1, -0.05) is 53.5 Å². The summed E-state index contributed by atoms with van der Waals surface area (Å²) in [5.74, 6) is -0.638. The van der Waals surface area contributed by atoms with Crippen molar-refractivity contribution in [1.29, 1.82) is 0 Å². The molecule has 1 saturated heterocycles. The molecule has 3 heterocycles. The Balaban J connectivity index is 1.49. The number of hydrogen-bond acceptors (Lipinski definition) is 6. The number of alkyl halides is 3. The number of rotatable bonds is 4. The fraction of sp³-hybridized carbons (Fsp3) is 0.250. The number of nitrogens with zero attached hydrogens (tertiary/aromatic N) is 4. The van der Waals surface area contributed by atoms with E-state index in [2.05, 4.69) is 20.2 Å². The SMILES string of the molecule is NC(=O)c1nc(N2CCC(N)(c3ccccc3C(F)(F)F)CC2)nc2n[nH]c(-c3cccc(Cl)c3Cl)c12. The van der Waals surface area contributed by atoms with Crippen LogP contribution in [0.4, 0.5) is 19.1 Å². The van der Waals surface area contributed by atoms with Crippen molar-refractivity contribution >= 4 is 46.1 Å². The number of nitrogens with two attached hydrogens (primary N) is 2. The number of halogens is 5. The molecule has 0 atom stereocenters. The van der Waals surface area contributed by atoms with Crippen LogP contribution in [-0.2, 0) is 11.7 Å². The van der Waals surface area contributed by atoms with Crippen LogP contribution in [0, 0.1) is 0 Å². The average Bonchev–Trinajstić information content (AvgIpc) is 3.29. The second kappa shape index (κ2) is 9.16. The van der Waals surface area contributed by atoms with Crippen molar-refractivity contribution in [2.75, 3.05) is 18.0 Å². The highest BCUT2D eigenvalue weighted by Gasteiger charge is 2.41. The van der Waals surface area contributed by atoms with Crippen molar-refractivity contribution < 1.29 is 18.0 Å². The van der Waals surface area contributed by atoms with E-state index in [0.29, 0.717) is 16.3 Å². The number of fused-ring (bicyclic) bond motifs is 1. The third kappa shape index (κ3) is 4.47. The van der Waals surface area contributed by atoms with Crippen molar-refractivity contribution in [2.45, 2.75) is 24.6 Å². The van der Waals surface area contributed by atoms with Crippen LogP contribution in [0.15, 0.2) is 42.5 Å². The Labute approximate surface area is 218 Å². The zero-order chi connectivity index (χ0) is 26.5. The number of H-pyrrole nitrogens is 1. The van der Waals surface area contributed by atoms with E-state index in [0.717, 1.165) is 6.07 Å². The maximum absolute atomic E-state index is 13.6. The third-order valence-electron chi connectivity index (χ3n) is 6.56. The number of primary amides is 1. The van der Waals surface area contributed by atoms with Gasteiger partial charge < -0.3 is 16.4 Å². The molecule has 0 bridgehead atoms. The summed E-state index contributed by atoms with van der Waals surface area (Å²) in [5.41, 5.74) is 11.2. The lowest BCUT2D eigenvalue weighted by Gasteiger charge is -2.40. The third-order valence-corrected chi connectivity index (χ3v) is 7.38. The number of carbonyl (C=O) groups is 1. The van der Waals surface area contributed by atoms with Gasteiger partial charge in [-0.3, -0.25) is 9.89 Å². The largest absolute Gasteiger partial charge is 0.416 e. The summed E-state index contributed by atoms with van der Waals surface area (Å²) in [6, 6.07) is 10.4. The van der Waals surface area contributed by atoms with Crippen LogP contribution in [-0.4, -0.2) is 39.2 Å². The number of aromatic nitrogens is 4. The van der Waals surface area contributed by atoms with E-state index in [9.17, 15) is 18.0 Å². The van der Waals surface area contributed by atoms with Crippen molar-refractivity contribution in [2.24, 2.45) is 11.5 Å². The second-order valence-electron chi connectivity index (χ2n) is 8.82. The lowest BCUT2D eigenvalue weighted by molar-refractivity contribution is -0.138. The molecule has 0 aliphatic carbocycles. The standard InChI is InChI=1S/C24H20Cl2F3N7O/c25-15-7-3-4-12(17(15)26)18-16-19(20(30)37)32-22(33-21(16)35-34-18)36-10-8-23(31,9-11-36)13-5-1-2-6-14(13)24(27,28)29/h1-7H,8-11,31H2,(H2,30,37)(H,32,33,34,35). The highest BCUT2D eigenvalue weighted by atomic mass is 35.5. The Kier molecular flexibility index (Phi) is 6.25. The molecule has 5 N–H and O–H groups in total. The molecule has 2 aromatic carbocycles. The van der Waals surface area contributed by atoms with Gasteiger partial charge in [-0.25, -0.2) is 4.98 Å². The van der Waals surface area contributed by atoms with Crippen LogP contribution in [0.2, 0.25) is 10.0 Å². The van der Waals surface area contributed by atoms with Crippen molar-refractivity contribution in [3.8, 4) is 11.3 Å². The molecule has 0 radical (unpaired) electrons. The Morgan fingerprint density at radius 1 is 1.05 bits per heavy atom. The van der Waals surface area contributed by atoms with E-state index in [-0.39, 0.29) is 59.2 Å². The minimum Gasteiger partial charge on any atom is -0.364 e. The molecule has 0 spiro atoms. The number of amides is 1. The van der Waals surface area contributed by atoms with Crippen LogP contribution >= 0.6 is 23.2 Å². The van der Waals surface area contributed by atoms with Gasteiger partial charge >= 0.3 is 6.18 Å². The van der Waals surface area contributed by atoms with E-state index in [1.165, 1.54) is 12.1 Å². The molecule has 0 unspecified atom stereocenters. The zero-order valence-corrected chi connectivity index (χ0v) is 20.6. The monoisotopic (exact) mass is 549 g/mol. The number of aromatic amines is 1. The van der Waals surface area contributed by atoms with Gasteiger partial charge in [0.15, 0.2) is 5.65 Å². The van der Waals surface area contributed by atoms with Gasteiger partial charge in [0.05, 0.1) is 26.7 Å². The van der Waals surface area contributed by atoms with Crippen molar-refractivity contribution in [3.05, 3.63) is 69.3 Å². The van der Waals surface area contributed by atoms with Gasteiger partial charge in [0.1, 0.15) is 5.69 Å². The highest BCUT2D eigenvalue weighted by molar-refractivity contribution is 6.43. The van der Waals surface area contributed by atoms with Crippen LogP contribution in [0.25, 0.3) is 22.3 Å². The molecule has 13 heteroatoms. The summed E-state index contributed by atoms with van der Waals surface area (Å²) >= 11 is 12.5. The van der Waals surface area contributed by atoms with E-state index >= 15 is 0 Å². The molecular formula is C24H20Cl2F3N7O. The summed E-state index contributed by atoms with van der Waals surface area (Å²) in [7, 11) is 0. The summed E-state index contributed by atoms with van der Waals surface area (Å²) < 4.78 is 40.8. The molecule has 192 valence electrons. The number of anilines is 1. The van der Waals surface area contributed by atoms with E-state index in [1.54, 1.807) is 29.2 Å². The van der Waals surface area contributed by atoms with Gasteiger partial charge in [-0.05, 0) is 30.5 Å². The van der Waals surface area contributed by atoms with E-state index in [1.807, 2.05) is 0 Å². The van der Waals surface area contributed by atoms with Crippen LogP contribution in [0.1, 0.15) is 34.5 Å². The van der Waals surface area contributed by atoms with Gasteiger partial charge in [0.25, 0.3) is 5.91 Å². The van der Waals surface area contributed by atoms with Crippen LogP contribution < -0.4 is 16.4 Å². The Hall–Kier alpha value is -3.41. The number of piperidine rings is 1. The minimum atomic E-state index is -4.52. The molecule has 1 aliphatic rings. The molecule has 1 fully saturated rings. The first-order valence-corrected chi connectivity index (χ1v) is 12.0. The van der Waals surface area contributed by atoms with Gasteiger partial charge in [-0.15, -0.1) is 0 Å². The van der Waals surface area contributed by atoms with Crippen molar-refractivity contribution in [3.63, 3.8) is 0 Å². The number of nitrogens with one attached hydrogen (secondary N) is 1. The molecule has 1 aliphatic heterocycles. The molecule has 1 amide bonds. The summed E-state index contributed by atoms with van der Waals surface area (Å²) in [6.45, 7) is 0.508. The lowest BCUT2D eigenvalue weighted by atomic mass is 9.79. The number of hydrogen-bond donors (Lipinski definition) is 3. The first-order chi connectivity index (χ1) is 17.5. The molecular weight excluding hydrogens is 530 g/mol. The van der Waals surface area contributed by atoms with E-state index < -0.39 is 23.2 Å². The van der Waals surface area contributed by atoms with E-state index in [4.69, 9.17) is 34.7 Å². The fourth-order valence-electron chi connectivity index (χ4n) is 4.66. The lowest BCUT2D eigenvalue weighted by Crippen LogP contribution is -2.49. The maximum Gasteiger partial charge on any atom is 0.416 e. The average molecular weight is 550 g/mol. The van der Waals surface area contributed by atoms with Crippen LogP contribution in [0.3, 0.4) is 0 Å². The van der Waals surface area contributed by atoms with Crippen molar-refractivity contribution in [1.82, 2.24) is 20.2 Å². The topological polar surface area (TPSA) is 127 Å². The fourth-order valence-corrected chi connectivity index (χ4v) is 5.06.